The predicted molar refractivity (Wildman–Crippen MR) is 109 cm³/mol. The zero-order chi connectivity index (χ0) is 20.1. The summed E-state index contributed by atoms with van der Waals surface area (Å²) in [7, 11) is 0. The van der Waals surface area contributed by atoms with Crippen molar-refractivity contribution in [2.75, 3.05) is 54.4 Å². The number of carbonyl (C=O) groups is 1. The van der Waals surface area contributed by atoms with Crippen LogP contribution in [0.3, 0.4) is 0 Å². The molecule has 0 bridgehead atoms. The van der Waals surface area contributed by atoms with Gasteiger partial charge in [0.15, 0.2) is 11.6 Å². The quantitative estimate of drug-likeness (QED) is 0.836. The summed E-state index contributed by atoms with van der Waals surface area (Å²) in [6.45, 7) is 8.26. The van der Waals surface area contributed by atoms with Crippen molar-refractivity contribution in [2.24, 2.45) is 0 Å². The van der Waals surface area contributed by atoms with Crippen molar-refractivity contribution in [1.82, 2.24) is 4.90 Å². The molecule has 0 aliphatic carbocycles. The van der Waals surface area contributed by atoms with Gasteiger partial charge in [-0.15, -0.1) is 0 Å². The number of halogens is 2. The van der Waals surface area contributed by atoms with E-state index in [0.29, 0.717) is 31.9 Å². The Bertz CT molecular complexity index is 801. The van der Waals surface area contributed by atoms with Gasteiger partial charge in [0.1, 0.15) is 0 Å². The van der Waals surface area contributed by atoms with E-state index < -0.39 is 11.6 Å². The summed E-state index contributed by atoms with van der Waals surface area (Å²) >= 11 is 0. The van der Waals surface area contributed by atoms with E-state index >= 15 is 0 Å². The van der Waals surface area contributed by atoms with E-state index in [-0.39, 0.29) is 6.03 Å². The standard InChI is InChI=1S/C21H26F2N4O/c1-3-25(4-2)17-7-5-16(6-8-17)24-21(28)27-13-11-26(12-14-27)18-9-10-19(22)20(23)15-18/h5-10,15H,3-4,11-14H2,1-2H3,(H,24,28). The lowest BCUT2D eigenvalue weighted by molar-refractivity contribution is 0.208. The van der Waals surface area contributed by atoms with E-state index in [1.165, 1.54) is 6.07 Å². The van der Waals surface area contributed by atoms with Crippen LogP contribution in [0.4, 0.5) is 30.6 Å². The van der Waals surface area contributed by atoms with Crippen LogP contribution in [0.25, 0.3) is 0 Å². The minimum atomic E-state index is -0.856. The number of urea groups is 1. The monoisotopic (exact) mass is 388 g/mol. The highest BCUT2D eigenvalue weighted by Gasteiger charge is 2.22. The minimum absolute atomic E-state index is 0.152. The van der Waals surface area contributed by atoms with Crippen LogP contribution >= 0.6 is 0 Å². The van der Waals surface area contributed by atoms with Crippen LogP contribution in [-0.2, 0) is 0 Å². The molecular weight excluding hydrogens is 362 g/mol. The number of anilines is 3. The van der Waals surface area contributed by atoms with Gasteiger partial charge < -0.3 is 20.0 Å². The van der Waals surface area contributed by atoms with Gasteiger partial charge in [-0.3, -0.25) is 0 Å². The first-order chi connectivity index (χ1) is 13.5. The molecule has 2 amide bonds. The fraction of sp³-hybridized carbons (Fsp3) is 0.381. The molecule has 0 atom stereocenters. The summed E-state index contributed by atoms with van der Waals surface area (Å²) in [4.78, 5) is 18.4. The number of nitrogens with zero attached hydrogens (tertiary/aromatic N) is 3. The van der Waals surface area contributed by atoms with Crippen molar-refractivity contribution >= 4 is 23.1 Å². The Balaban J connectivity index is 1.54. The topological polar surface area (TPSA) is 38.8 Å². The molecule has 1 fully saturated rings. The predicted octanol–water partition coefficient (Wildman–Crippen LogP) is 4.17. The molecule has 28 heavy (non-hydrogen) atoms. The van der Waals surface area contributed by atoms with E-state index in [4.69, 9.17) is 0 Å². The smallest absolute Gasteiger partial charge is 0.321 e. The van der Waals surface area contributed by atoms with E-state index in [1.54, 1.807) is 11.0 Å². The Hall–Kier alpha value is -2.83. The van der Waals surface area contributed by atoms with Crippen LogP contribution in [0.2, 0.25) is 0 Å². The number of carbonyl (C=O) groups excluding carboxylic acids is 1. The average molecular weight is 388 g/mol. The lowest BCUT2D eigenvalue weighted by atomic mass is 10.2. The molecule has 0 radical (unpaired) electrons. The number of amides is 2. The molecule has 1 heterocycles. The molecule has 7 heteroatoms. The molecule has 1 N–H and O–H groups in total. The first-order valence-corrected chi connectivity index (χ1v) is 9.62. The Morgan fingerprint density at radius 1 is 0.964 bits per heavy atom. The van der Waals surface area contributed by atoms with Gasteiger partial charge >= 0.3 is 6.03 Å². The first kappa shape index (κ1) is 19.9. The van der Waals surface area contributed by atoms with Crippen molar-refractivity contribution in [2.45, 2.75) is 13.8 Å². The molecule has 0 unspecified atom stereocenters. The number of hydrogen-bond acceptors (Lipinski definition) is 3. The van der Waals surface area contributed by atoms with Gasteiger partial charge in [-0.1, -0.05) is 0 Å². The third kappa shape index (κ3) is 4.52. The molecule has 0 spiro atoms. The Morgan fingerprint density at radius 2 is 1.61 bits per heavy atom. The van der Waals surface area contributed by atoms with E-state index in [2.05, 4.69) is 24.1 Å². The second kappa shape index (κ2) is 8.91. The second-order valence-corrected chi connectivity index (χ2v) is 6.72. The van der Waals surface area contributed by atoms with Crippen molar-refractivity contribution in [3.63, 3.8) is 0 Å². The molecule has 5 nitrogen and oxygen atoms in total. The Kier molecular flexibility index (Phi) is 6.34. The lowest BCUT2D eigenvalue weighted by Crippen LogP contribution is -2.50. The zero-order valence-corrected chi connectivity index (χ0v) is 16.3. The normalized spacial score (nSPS) is 14.1. The van der Waals surface area contributed by atoms with Crippen LogP contribution in [-0.4, -0.2) is 50.2 Å². The largest absolute Gasteiger partial charge is 0.372 e. The number of piperazine rings is 1. The van der Waals surface area contributed by atoms with E-state index in [9.17, 15) is 13.6 Å². The zero-order valence-electron chi connectivity index (χ0n) is 16.3. The number of nitrogens with one attached hydrogen (secondary N) is 1. The maximum atomic E-state index is 13.4. The highest BCUT2D eigenvalue weighted by molar-refractivity contribution is 5.89. The van der Waals surface area contributed by atoms with Gasteiger partial charge in [0.05, 0.1) is 0 Å². The van der Waals surface area contributed by atoms with Crippen LogP contribution < -0.4 is 15.1 Å². The number of hydrogen-bond donors (Lipinski definition) is 1. The van der Waals surface area contributed by atoms with Crippen LogP contribution in [0.5, 0.6) is 0 Å². The Labute approximate surface area is 164 Å². The molecule has 150 valence electrons. The highest BCUT2D eigenvalue weighted by Crippen LogP contribution is 2.21. The molecule has 1 aliphatic heterocycles. The molecule has 2 aromatic rings. The lowest BCUT2D eigenvalue weighted by Gasteiger charge is -2.36. The van der Waals surface area contributed by atoms with Crippen molar-refractivity contribution in [3.8, 4) is 0 Å². The fourth-order valence-electron chi connectivity index (χ4n) is 3.40. The molecule has 0 saturated carbocycles. The maximum absolute atomic E-state index is 13.4. The van der Waals surface area contributed by atoms with Gasteiger partial charge in [-0.05, 0) is 50.2 Å². The number of rotatable bonds is 5. The van der Waals surface area contributed by atoms with Crippen LogP contribution in [0.15, 0.2) is 42.5 Å². The SMILES string of the molecule is CCN(CC)c1ccc(NC(=O)N2CCN(c3ccc(F)c(F)c3)CC2)cc1. The van der Waals surface area contributed by atoms with Gasteiger partial charge in [0.2, 0.25) is 0 Å². The van der Waals surface area contributed by atoms with Gasteiger partial charge in [0.25, 0.3) is 0 Å². The average Bonchev–Trinajstić information content (AvgIpc) is 2.72. The van der Waals surface area contributed by atoms with Crippen LogP contribution in [0, 0.1) is 11.6 Å². The maximum Gasteiger partial charge on any atom is 0.321 e. The van der Waals surface area contributed by atoms with Crippen LogP contribution in [0.1, 0.15) is 13.8 Å². The summed E-state index contributed by atoms with van der Waals surface area (Å²) in [6, 6.07) is 11.6. The van der Waals surface area contributed by atoms with Gasteiger partial charge in [-0.2, -0.15) is 0 Å². The molecule has 2 aromatic carbocycles. The molecule has 1 saturated heterocycles. The van der Waals surface area contributed by atoms with Gasteiger partial charge in [-0.25, -0.2) is 13.6 Å². The first-order valence-electron chi connectivity index (χ1n) is 9.62. The molecule has 1 aliphatic rings. The second-order valence-electron chi connectivity index (χ2n) is 6.72. The summed E-state index contributed by atoms with van der Waals surface area (Å²) < 4.78 is 26.5. The van der Waals surface area contributed by atoms with Crippen molar-refractivity contribution in [3.05, 3.63) is 54.1 Å². The molecular formula is C21H26F2N4O. The molecule has 0 aromatic heterocycles. The fourth-order valence-corrected chi connectivity index (χ4v) is 3.40. The summed E-state index contributed by atoms with van der Waals surface area (Å²) in [5, 5.41) is 2.93. The summed E-state index contributed by atoms with van der Waals surface area (Å²) in [6.07, 6.45) is 0. The highest BCUT2D eigenvalue weighted by atomic mass is 19.2. The molecule has 3 rings (SSSR count). The minimum Gasteiger partial charge on any atom is -0.372 e. The van der Waals surface area contributed by atoms with E-state index in [1.807, 2.05) is 29.2 Å². The van der Waals surface area contributed by atoms with Gasteiger partial charge in [0, 0.05) is 62.4 Å². The van der Waals surface area contributed by atoms with E-state index in [0.717, 1.165) is 30.5 Å². The van der Waals surface area contributed by atoms with Crippen molar-refractivity contribution < 1.29 is 13.6 Å². The number of benzene rings is 2. The third-order valence-corrected chi connectivity index (χ3v) is 5.08. The summed E-state index contributed by atoms with van der Waals surface area (Å²) in [5.41, 5.74) is 2.51. The third-order valence-electron chi connectivity index (χ3n) is 5.08. The Morgan fingerprint density at radius 3 is 2.18 bits per heavy atom. The van der Waals surface area contributed by atoms with Crippen molar-refractivity contribution in [1.29, 1.82) is 0 Å². The summed E-state index contributed by atoms with van der Waals surface area (Å²) in [5.74, 6) is -1.71.